The summed E-state index contributed by atoms with van der Waals surface area (Å²) in [5.74, 6) is 1.29. The highest BCUT2D eigenvalue weighted by molar-refractivity contribution is 5.77. The van der Waals surface area contributed by atoms with Crippen LogP contribution in [0.4, 0.5) is 0 Å². The first kappa shape index (κ1) is 15.9. The number of nitriles is 1. The molecule has 4 aromatic rings. The molecule has 0 saturated carbocycles. The molecule has 6 nitrogen and oxygen atoms in total. The van der Waals surface area contributed by atoms with E-state index < -0.39 is 0 Å². The lowest BCUT2D eigenvalue weighted by Crippen LogP contribution is -2.06. The molecule has 26 heavy (non-hydrogen) atoms. The summed E-state index contributed by atoms with van der Waals surface area (Å²) in [4.78, 5) is 17.7. The number of benzene rings is 1. The Hall–Kier alpha value is -3.59. The van der Waals surface area contributed by atoms with Crippen molar-refractivity contribution in [2.24, 2.45) is 0 Å². The molecule has 0 saturated heterocycles. The molecule has 0 N–H and O–H groups in total. The minimum atomic E-state index is 0.432. The Kier molecular flexibility index (Phi) is 4.35. The molecule has 0 radical (unpaired) electrons. The van der Waals surface area contributed by atoms with Gasteiger partial charge in [-0.3, -0.25) is 9.55 Å². The van der Waals surface area contributed by atoms with Crippen molar-refractivity contribution in [3.05, 3.63) is 78.3 Å². The van der Waals surface area contributed by atoms with E-state index in [1.807, 2.05) is 47.0 Å². The van der Waals surface area contributed by atoms with Crippen molar-refractivity contribution in [2.75, 3.05) is 0 Å². The van der Waals surface area contributed by atoms with Gasteiger partial charge in [-0.2, -0.15) is 5.26 Å². The molecule has 0 bridgehead atoms. The summed E-state index contributed by atoms with van der Waals surface area (Å²) >= 11 is 0. The predicted octanol–water partition coefficient (Wildman–Crippen LogP) is 3.26. The van der Waals surface area contributed by atoms with Crippen LogP contribution in [0, 0.1) is 11.3 Å². The molecule has 0 aliphatic heterocycles. The van der Waals surface area contributed by atoms with Gasteiger partial charge in [0.25, 0.3) is 0 Å². The molecular weight excluding hydrogens is 324 g/mol. The Labute approximate surface area is 150 Å². The molecule has 0 aliphatic carbocycles. The summed E-state index contributed by atoms with van der Waals surface area (Å²) in [6.07, 6.45) is 7.58. The second-order valence-electron chi connectivity index (χ2n) is 5.91. The average Bonchev–Trinajstić information content (AvgIpc) is 3.13. The SMILES string of the molecule is N#Cc1cnc(CCCc2ccccn2)nc1-n1cnc2ccccc21. The molecule has 1 aromatic carbocycles. The first-order chi connectivity index (χ1) is 12.8. The highest BCUT2D eigenvalue weighted by Crippen LogP contribution is 2.19. The summed E-state index contributed by atoms with van der Waals surface area (Å²) in [6, 6.07) is 15.9. The highest BCUT2D eigenvalue weighted by atomic mass is 15.1. The van der Waals surface area contributed by atoms with Crippen LogP contribution in [0.2, 0.25) is 0 Å². The van der Waals surface area contributed by atoms with Gasteiger partial charge in [-0.1, -0.05) is 18.2 Å². The van der Waals surface area contributed by atoms with E-state index in [-0.39, 0.29) is 0 Å². The van der Waals surface area contributed by atoms with Crippen molar-refractivity contribution in [2.45, 2.75) is 19.3 Å². The molecular formula is C20H16N6. The number of para-hydroxylation sites is 2. The predicted molar refractivity (Wildman–Crippen MR) is 97.6 cm³/mol. The number of nitrogens with zero attached hydrogens (tertiary/aromatic N) is 6. The molecule has 3 aromatic heterocycles. The van der Waals surface area contributed by atoms with E-state index in [1.54, 1.807) is 18.7 Å². The largest absolute Gasteiger partial charge is 0.282 e. The van der Waals surface area contributed by atoms with E-state index in [2.05, 4.69) is 26.0 Å². The monoisotopic (exact) mass is 340 g/mol. The van der Waals surface area contributed by atoms with Crippen molar-refractivity contribution in [1.82, 2.24) is 24.5 Å². The lowest BCUT2D eigenvalue weighted by atomic mass is 10.1. The molecule has 0 amide bonds. The Morgan fingerprint density at radius 1 is 0.962 bits per heavy atom. The van der Waals surface area contributed by atoms with Crippen LogP contribution in [-0.4, -0.2) is 24.5 Å². The molecule has 126 valence electrons. The minimum absolute atomic E-state index is 0.432. The Morgan fingerprint density at radius 2 is 1.85 bits per heavy atom. The number of pyridine rings is 1. The number of aromatic nitrogens is 5. The van der Waals surface area contributed by atoms with Crippen LogP contribution < -0.4 is 0 Å². The van der Waals surface area contributed by atoms with E-state index in [9.17, 15) is 5.26 Å². The first-order valence-corrected chi connectivity index (χ1v) is 8.43. The summed E-state index contributed by atoms with van der Waals surface area (Å²) < 4.78 is 1.85. The van der Waals surface area contributed by atoms with E-state index in [0.717, 1.165) is 36.0 Å². The second kappa shape index (κ2) is 7.11. The zero-order chi connectivity index (χ0) is 17.8. The van der Waals surface area contributed by atoms with Gasteiger partial charge in [0.05, 0.1) is 17.2 Å². The number of imidazole rings is 1. The van der Waals surface area contributed by atoms with Gasteiger partial charge in [0, 0.05) is 18.3 Å². The van der Waals surface area contributed by atoms with Crippen molar-refractivity contribution >= 4 is 11.0 Å². The maximum absolute atomic E-state index is 9.43. The van der Waals surface area contributed by atoms with E-state index in [4.69, 9.17) is 0 Å². The van der Waals surface area contributed by atoms with Crippen molar-refractivity contribution in [3.8, 4) is 11.9 Å². The smallest absolute Gasteiger partial charge is 0.160 e. The van der Waals surface area contributed by atoms with Gasteiger partial charge in [-0.05, 0) is 37.1 Å². The normalized spacial score (nSPS) is 10.7. The molecule has 3 heterocycles. The van der Waals surface area contributed by atoms with Crippen molar-refractivity contribution in [3.63, 3.8) is 0 Å². The standard InChI is InChI=1S/C20H16N6/c21-12-15-13-23-19(10-5-7-16-6-3-4-11-22-16)25-20(15)26-14-24-17-8-1-2-9-18(17)26/h1-4,6,8-9,11,13-14H,5,7,10H2. The quantitative estimate of drug-likeness (QED) is 0.557. The molecule has 0 fully saturated rings. The highest BCUT2D eigenvalue weighted by Gasteiger charge is 2.12. The summed E-state index contributed by atoms with van der Waals surface area (Å²) in [6.45, 7) is 0. The maximum Gasteiger partial charge on any atom is 0.160 e. The molecule has 6 heteroatoms. The van der Waals surface area contributed by atoms with Crippen LogP contribution in [0.3, 0.4) is 0 Å². The van der Waals surface area contributed by atoms with Crippen LogP contribution in [0.5, 0.6) is 0 Å². The van der Waals surface area contributed by atoms with Crippen molar-refractivity contribution < 1.29 is 0 Å². The van der Waals surface area contributed by atoms with Crippen LogP contribution in [0.1, 0.15) is 23.5 Å². The topological polar surface area (TPSA) is 80.3 Å². The van der Waals surface area contributed by atoms with Gasteiger partial charge in [0.15, 0.2) is 5.82 Å². The Balaban J connectivity index is 1.61. The fourth-order valence-electron chi connectivity index (χ4n) is 2.89. The fraction of sp³-hybridized carbons (Fsp3) is 0.150. The van der Waals surface area contributed by atoms with E-state index in [0.29, 0.717) is 17.2 Å². The van der Waals surface area contributed by atoms with Gasteiger partial charge in [-0.25, -0.2) is 15.0 Å². The average molecular weight is 340 g/mol. The number of fused-ring (bicyclic) bond motifs is 1. The van der Waals surface area contributed by atoms with Gasteiger partial charge in [0.2, 0.25) is 0 Å². The molecule has 0 spiro atoms. The van der Waals surface area contributed by atoms with Crippen molar-refractivity contribution in [1.29, 1.82) is 5.26 Å². The lowest BCUT2D eigenvalue weighted by Gasteiger charge is -2.08. The first-order valence-electron chi connectivity index (χ1n) is 8.43. The zero-order valence-electron chi connectivity index (χ0n) is 14.1. The number of hydrogen-bond acceptors (Lipinski definition) is 5. The third-order valence-corrected chi connectivity index (χ3v) is 4.18. The summed E-state index contributed by atoms with van der Waals surface area (Å²) in [7, 11) is 0. The summed E-state index contributed by atoms with van der Waals surface area (Å²) in [5.41, 5.74) is 3.28. The molecule has 0 unspecified atom stereocenters. The van der Waals surface area contributed by atoms with Crippen LogP contribution in [0.15, 0.2) is 61.2 Å². The van der Waals surface area contributed by atoms with Gasteiger partial charge < -0.3 is 0 Å². The Morgan fingerprint density at radius 3 is 2.69 bits per heavy atom. The Bertz CT molecular complexity index is 1080. The molecule has 4 rings (SSSR count). The van der Waals surface area contributed by atoms with Crippen LogP contribution >= 0.6 is 0 Å². The zero-order valence-corrected chi connectivity index (χ0v) is 14.1. The molecule has 0 aliphatic rings. The van der Waals surface area contributed by atoms with Crippen LogP contribution in [-0.2, 0) is 12.8 Å². The number of rotatable bonds is 5. The molecule has 0 atom stereocenters. The second-order valence-corrected chi connectivity index (χ2v) is 5.91. The third-order valence-electron chi connectivity index (χ3n) is 4.18. The van der Waals surface area contributed by atoms with Gasteiger partial charge >= 0.3 is 0 Å². The number of aryl methyl sites for hydroxylation is 2. The van der Waals surface area contributed by atoms with Crippen LogP contribution in [0.25, 0.3) is 16.9 Å². The summed E-state index contributed by atoms with van der Waals surface area (Å²) in [5, 5.41) is 9.43. The van der Waals surface area contributed by atoms with Gasteiger partial charge in [-0.15, -0.1) is 0 Å². The third kappa shape index (κ3) is 3.15. The van der Waals surface area contributed by atoms with E-state index >= 15 is 0 Å². The number of hydrogen-bond donors (Lipinski definition) is 0. The van der Waals surface area contributed by atoms with Gasteiger partial charge in [0.1, 0.15) is 23.8 Å². The maximum atomic E-state index is 9.43. The minimum Gasteiger partial charge on any atom is -0.282 e. The fourth-order valence-corrected chi connectivity index (χ4v) is 2.89. The lowest BCUT2D eigenvalue weighted by molar-refractivity contribution is 0.750. The van der Waals surface area contributed by atoms with E-state index in [1.165, 1.54) is 0 Å².